The van der Waals surface area contributed by atoms with Gasteiger partial charge in [-0.25, -0.2) is 4.79 Å². The van der Waals surface area contributed by atoms with E-state index in [2.05, 4.69) is 5.32 Å². The number of carbonyl (C=O) groups excluding carboxylic acids is 2. The van der Waals surface area contributed by atoms with Crippen LogP contribution in [0.25, 0.3) is 0 Å². The van der Waals surface area contributed by atoms with Crippen molar-refractivity contribution in [2.75, 3.05) is 19.7 Å². The van der Waals surface area contributed by atoms with E-state index in [1.807, 2.05) is 23.1 Å². The van der Waals surface area contributed by atoms with Gasteiger partial charge in [-0.15, -0.1) is 0 Å². The van der Waals surface area contributed by atoms with E-state index < -0.39 is 0 Å². The number of alkyl carbamates (subject to hydrolysis) is 1. The Morgan fingerprint density at radius 1 is 1.32 bits per heavy atom. The largest absolute Gasteiger partial charge is 0.450 e. The lowest BCUT2D eigenvalue weighted by Gasteiger charge is -2.32. The molecule has 1 aromatic carbocycles. The van der Waals surface area contributed by atoms with Crippen LogP contribution in [0.1, 0.15) is 25.3 Å². The molecule has 0 radical (unpaired) electrons. The van der Waals surface area contributed by atoms with Gasteiger partial charge >= 0.3 is 6.09 Å². The number of benzene rings is 1. The second kappa shape index (κ2) is 8.03. The minimum atomic E-state index is -0.386. The highest BCUT2D eigenvalue weighted by molar-refractivity contribution is 6.31. The van der Waals surface area contributed by atoms with Crippen molar-refractivity contribution in [2.24, 2.45) is 0 Å². The monoisotopic (exact) mass is 324 g/mol. The quantitative estimate of drug-likeness (QED) is 0.926. The molecule has 1 aliphatic rings. The Balaban J connectivity index is 1.80. The summed E-state index contributed by atoms with van der Waals surface area (Å²) in [5.74, 6) is 0.0719. The fourth-order valence-electron chi connectivity index (χ4n) is 2.53. The van der Waals surface area contributed by atoms with Crippen LogP contribution in [-0.4, -0.2) is 42.6 Å². The smallest absolute Gasteiger partial charge is 0.407 e. The van der Waals surface area contributed by atoms with Gasteiger partial charge in [0.1, 0.15) is 0 Å². The van der Waals surface area contributed by atoms with Crippen LogP contribution in [0.5, 0.6) is 0 Å². The lowest BCUT2D eigenvalue weighted by atomic mass is 10.0. The molecule has 2 amide bonds. The molecule has 0 aromatic heterocycles. The van der Waals surface area contributed by atoms with E-state index in [9.17, 15) is 9.59 Å². The third kappa shape index (κ3) is 4.63. The average Bonchev–Trinajstić information content (AvgIpc) is 2.50. The van der Waals surface area contributed by atoms with Gasteiger partial charge in [-0.2, -0.15) is 0 Å². The zero-order valence-corrected chi connectivity index (χ0v) is 13.4. The highest BCUT2D eigenvalue weighted by Gasteiger charge is 2.24. The predicted octanol–water partition coefficient (Wildman–Crippen LogP) is 2.62. The van der Waals surface area contributed by atoms with Crippen LogP contribution in [0.3, 0.4) is 0 Å². The summed E-state index contributed by atoms with van der Waals surface area (Å²) in [5, 5.41) is 3.44. The lowest BCUT2D eigenvalue weighted by Crippen LogP contribution is -2.47. The maximum atomic E-state index is 12.3. The summed E-state index contributed by atoms with van der Waals surface area (Å²) >= 11 is 6.09. The third-order valence-electron chi connectivity index (χ3n) is 3.74. The van der Waals surface area contributed by atoms with Crippen LogP contribution in [0, 0.1) is 0 Å². The molecule has 0 aliphatic carbocycles. The zero-order valence-electron chi connectivity index (χ0n) is 12.7. The number of hydrogen-bond acceptors (Lipinski definition) is 3. The molecule has 1 N–H and O–H groups in total. The fraction of sp³-hybridized carbons (Fsp3) is 0.500. The Hall–Kier alpha value is -1.75. The highest BCUT2D eigenvalue weighted by atomic mass is 35.5. The van der Waals surface area contributed by atoms with Gasteiger partial charge in [-0.1, -0.05) is 29.8 Å². The minimum absolute atomic E-state index is 0.0719. The normalized spacial score (nSPS) is 15.5. The van der Waals surface area contributed by atoms with Gasteiger partial charge in [-0.3, -0.25) is 4.79 Å². The summed E-state index contributed by atoms with van der Waals surface area (Å²) in [5.41, 5.74) is 0.848. The molecule has 1 aromatic rings. The molecule has 0 unspecified atom stereocenters. The van der Waals surface area contributed by atoms with Crippen LogP contribution in [0.15, 0.2) is 24.3 Å². The van der Waals surface area contributed by atoms with Gasteiger partial charge in [0.15, 0.2) is 0 Å². The molecule has 5 nitrogen and oxygen atoms in total. The first-order valence-corrected chi connectivity index (χ1v) is 7.92. The van der Waals surface area contributed by atoms with E-state index in [-0.39, 0.29) is 18.0 Å². The Morgan fingerprint density at radius 3 is 2.64 bits per heavy atom. The fourth-order valence-corrected chi connectivity index (χ4v) is 2.73. The van der Waals surface area contributed by atoms with Crippen molar-refractivity contribution in [2.45, 2.75) is 32.2 Å². The molecule has 6 heteroatoms. The Morgan fingerprint density at radius 2 is 2.00 bits per heavy atom. The molecule has 2 rings (SSSR count). The van der Waals surface area contributed by atoms with Crippen LogP contribution >= 0.6 is 11.6 Å². The Bertz CT molecular complexity index is 528. The molecule has 1 fully saturated rings. The number of nitrogens with one attached hydrogen (secondary N) is 1. The molecule has 1 saturated heterocycles. The lowest BCUT2D eigenvalue weighted by molar-refractivity contribution is -0.131. The SMILES string of the molecule is CCOC(=O)NC1CCN(C(=O)Cc2ccccc2Cl)CC1. The van der Waals surface area contributed by atoms with Gasteiger partial charge in [-0.05, 0) is 31.4 Å². The van der Waals surface area contributed by atoms with Gasteiger partial charge < -0.3 is 15.0 Å². The summed E-state index contributed by atoms with van der Waals surface area (Å²) in [7, 11) is 0. The van der Waals surface area contributed by atoms with E-state index in [4.69, 9.17) is 16.3 Å². The van der Waals surface area contributed by atoms with E-state index in [0.29, 0.717) is 31.1 Å². The molecule has 0 bridgehead atoms. The maximum Gasteiger partial charge on any atom is 0.407 e. The number of rotatable bonds is 4. The first-order chi connectivity index (χ1) is 10.6. The topological polar surface area (TPSA) is 58.6 Å². The first-order valence-electron chi connectivity index (χ1n) is 7.54. The van der Waals surface area contributed by atoms with E-state index in [1.54, 1.807) is 13.0 Å². The molecule has 0 atom stereocenters. The predicted molar refractivity (Wildman–Crippen MR) is 84.9 cm³/mol. The second-order valence-electron chi connectivity index (χ2n) is 5.29. The summed E-state index contributed by atoms with van der Waals surface area (Å²) in [6.07, 6.45) is 1.42. The van der Waals surface area contributed by atoms with Crippen molar-refractivity contribution in [3.05, 3.63) is 34.9 Å². The van der Waals surface area contributed by atoms with Crippen molar-refractivity contribution in [1.29, 1.82) is 0 Å². The van der Waals surface area contributed by atoms with E-state index in [0.717, 1.165) is 18.4 Å². The van der Waals surface area contributed by atoms with Crippen LogP contribution in [-0.2, 0) is 16.0 Å². The number of halogens is 1. The van der Waals surface area contributed by atoms with Crippen LogP contribution < -0.4 is 5.32 Å². The number of ether oxygens (including phenoxy) is 1. The first kappa shape index (κ1) is 16.6. The number of nitrogens with zero attached hydrogens (tertiary/aromatic N) is 1. The summed E-state index contributed by atoms with van der Waals surface area (Å²) in [6.45, 7) is 3.41. The van der Waals surface area contributed by atoms with Gasteiger partial charge in [0.05, 0.1) is 13.0 Å². The molecular weight excluding hydrogens is 304 g/mol. The van der Waals surface area contributed by atoms with Crippen molar-refractivity contribution in [1.82, 2.24) is 10.2 Å². The number of likely N-dealkylation sites (tertiary alicyclic amines) is 1. The standard InChI is InChI=1S/C16H21ClN2O3/c1-2-22-16(21)18-13-7-9-19(10-8-13)15(20)11-12-5-3-4-6-14(12)17/h3-6,13H,2,7-11H2,1H3,(H,18,21). The van der Waals surface area contributed by atoms with Crippen molar-refractivity contribution >= 4 is 23.6 Å². The highest BCUT2D eigenvalue weighted by Crippen LogP contribution is 2.18. The van der Waals surface area contributed by atoms with Gasteiger partial charge in [0.2, 0.25) is 5.91 Å². The van der Waals surface area contributed by atoms with Crippen LogP contribution in [0.4, 0.5) is 4.79 Å². The molecule has 1 aliphatic heterocycles. The molecule has 120 valence electrons. The zero-order chi connectivity index (χ0) is 15.9. The summed E-state index contributed by atoms with van der Waals surface area (Å²) < 4.78 is 4.87. The number of hydrogen-bond donors (Lipinski definition) is 1. The third-order valence-corrected chi connectivity index (χ3v) is 4.11. The Labute approximate surface area is 135 Å². The molecular formula is C16H21ClN2O3. The van der Waals surface area contributed by atoms with Crippen molar-refractivity contribution in [3.8, 4) is 0 Å². The number of piperidine rings is 1. The van der Waals surface area contributed by atoms with Crippen molar-refractivity contribution < 1.29 is 14.3 Å². The molecule has 0 spiro atoms. The second-order valence-corrected chi connectivity index (χ2v) is 5.70. The molecule has 22 heavy (non-hydrogen) atoms. The summed E-state index contributed by atoms with van der Waals surface area (Å²) in [4.78, 5) is 25.5. The van der Waals surface area contributed by atoms with Gasteiger partial charge in [0.25, 0.3) is 0 Å². The van der Waals surface area contributed by atoms with Gasteiger partial charge in [0, 0.05) is 24.2 Å². The molecule has 0 saturated carbocycles. The minimum Gasteiger partial charge on any atom is -0.450 e. The Kier molecular flexibility index (Phi) is 6.07. The summed E-state index contributed by atoms with van der Waals surface area (Å²) in [6, 6.07) is 7.46. The van der Waals surface area contributed by atoms with E-state index >= 15 is 0 Å². The number of amides is 2. The maximum absolute atomic E-state index is 12.3. The van der Waals surface area contributed by atoms with E-state index in [1.165, 1.54) is 0 Å². The average molecular weight is 325 g/mol. The van der Waals surface area contributed by atoms with Crippen molar-refractivity contribution in [3.63, 3.8) is 0 Å². The molecule has 1 heterocycles. The number of carbonyl (C=O) groups is 2. The van der Waals surface area contributed by atoms with Crippen LogP contribution in [0.2, 0.25) is 5.02 Å².